The molecule has 0 saturated heterocycles. The average molecular weight is 280 g/mol. The molecule has 21 heavy (non-hydrogen) atoms. The summed E-state index contributed by atoms with van der Waals surface area (Å²) in [6.07, 6.45) is 5.74. The zero-order chi connectivity index (χ0) is 14.2. The highest BCUT2D eigenvalue weighted by Gasteiger charge is 2.28. The summed E-state index contributed by atoms with van der Waals surface area (Å²) in [6.45, 7) is 3.94. The van der Waals surface area contributed by atoms with Crippen LogP contribution >= 0.6 is 0 Å². The normalized spacial score (nSPS) is 14.9. The number of fused-ring (bicyclic) bond motifs is 1. The molecule has 1 aromatic carbocycles. The highest BCUT2D eigenvalue weighted by Crippen LogP contribution is 2.38. The Morgan fingerprint density at radius 1 is 1.19 bits per heavy atom. The Morgan fingerprint density at radius 2 is 2.05 bits per heavy atom. The molecular formula is C17H20N4. The van der Waals surface area contributed by atoms with Gasteiger partial charge in [-0.25, -0.2) is 9.67 Å². The zero-order valence-corrected chi connectivity index (χ0v) is 12.4. The number of para-hydroxylation sites is 1. The van der Waals surface area contributed by atoms with Crippen LogP contribution in [0, 0.1) is 0 Å². The van der Waals surface area contributed by atoms with Crippen molar-refractivity contribution < 1.29 is 0 Å². The van der Waals surface area contributed by atoms with Gasteiger partial charge in [-0.2, -0.15) is 5.10 Å². The lowest BCUT2D eigenvalue weighted by molar-refractivity contribution is 0.554. The van der Waals surface area contributed by atoms with Gasteiger partial charge in [-0.3, -0.25) is 0 Å². The van der Waals surface area contributed by atoms with Crippen molar-refractivity contribution in [3.05, 3.63) is 48.2 Å². The molecule has 2 heterocycles. The van der Waals surface area contributed by atoms with Crippen molar-refractivity contribution >= 4 is 10.9 Å². The molecule has 2 aromatic heterocycles. The van der Waals surface area contributed by atoms with Gasteiger partial charge >= 0.3 is 0 Å². The van der Waals surface area contributed by atoms with Crippen molar-refractivity contribution in [2.24, 2.45) is 0 Å². The Morgan fingerprint density at radius 3 is 2.86 bits per heavy atom. The van der Waals surface area contributed by atoms with Gasteiger partial charge in [0, 0.05) is 24.2 Å². The molecule has 0 amide bonds. The molecule has 1 aliphatic rings. The predicted molar refractivity (Wildman–Crippen MR) is 83.3 cm³/mol. The minimum absolute atomic E-state index is 0.614. The largest absolute Gasteiger partial charge is 0.340 e. The van der Waals surface area contributed by atoms with Gasteiger partial charge in [0.05, 0.1) is 6.54 Å². The van der Waals surface area contributed by atoms with Crippen molar-refractivity contribution in [2.45, 2.75) is 45.2 Å². The molecule has 0 bridgehead atoms. The molecule has 1 saturated carbocycles. The van der Waals surface area contributed by atoms with Gasteiger partial charge in [-0.05, 0) is 36.8 Å². The van der Waals surface area contributed by atoms with E-state index in [-0.39, 0.29) is 0 Å². The molecule has 3 aromatic rings. The molecule has 0 aliphatic heterocycles. The number of aromatic nitrogens is 4. The lowest BCUT2D eigenvalue weighted by Crippen LogP contribution is -2.09. The fraction of sp³-hybridized carbons (Fsp3) is 0.412. The molecule has 108 valence electrons. The second-order valence-corrected chi connectivity index (χ2v) is 5.89. The zero-order valence-electron chi connectivity index (χ0n) is 12.4. The summed E-state index contributed by atoms with van der Waals surface area (Å²) in [7, 11) is 0. The first kappa shape index (κ1) is 12.6. The van der Waals surface area contributed by atoms with Crippen LogP contribution in [0.3, 0.4) is 0 Å². The second kappa shape index (κ2) is 5.02. The van der Waals surface area contributed by atoms with Crippen molar-refractivity contribution in [2.75, 3.05) is 0 Å². The summed E-state index contributed by atoms with van der Waals surface area (Å²) >= 11 is 0. The summed E-state index contributed by atoms with van der Waals surface area (Å²) in [4.78, 5) is 4.80. The van der Waals surface area contributed by atoms with Gasteiger partial charge in [0.2, 0.25) is 0 Å². The number of aryl methyl sites for hydroxylation is 1. The van der Waals surface area contributed by atoms with E-state index in [0.29, 0.717) is 5.92 Å². The molecule has 0 N–H and O–H groups in total. The van der Waals surface area contributed by atoms with Crippen LogP contribution in [0.15, 0.2) is 36.5 Å². The summed E-state index contributed by atoms with van der Waals surface area (Å²) in [5.41, 5.74) is 1.26. The van der Waals surface area contributed by atoms with Crippen molar-refractivity contribution in [1.29, 1.82) is 0 Å². The van der Waals surface area contributed by atoms with Crippen LogP contribution in [0.25, 0.3) is 10.9 Å². The molecule has 1 aliphatic carbocycles. The second-order valence-electron chi connectivity index (χ2n) is 5.89. The Balaban J connectivity index is 1.69. The molecule has 4 nitrogen and oxygen atoms in total. The van der Waals surface area contributed by atoms with Gasteiger partial charge in [-0.1, -0.05) is 25.1 Å². The van der Waals surface area contributed by atoms with E-state index in [4.69, 9.17) is 10.1 Å². The number of hydrogen-bond acceptors (Lipinski definition) is 2. The van der Waals surface area contributed by atoms with E-state index in [0.717, 1.165) is 31.2 Å². The number of benzene rings is 1. The maximum absolute atomic E-state index is 4.80. The third kappa shape index (κ3) is 2.35. The van der Waals surface area contributed by atoms with Crippen LogP contribution in [-0.2, 0) is 13.1 Å². The molecular weight excluding hydrogens is 260 g/mol. The van der Waals surface area contributed by atoms with E-state index in [2.05, 4.69) is 52.7 Å². The summed E-state index contributed by atoms with van der Waals surface area (Å²) in [5.74, 6) is 2.75. The molecule has 0 spiro atoms. The molecule has 1 fully saturated rings. The third-order valence-electron chi connectivity index (χ3n) is 4.13. The van der Waals surface area contributed by atoms with E-state index >= 15 is 0 Å². The standard InChI is InChI=1S/C17H20N4/c1-2-10-21-16(18-17(19-21)14-7-8-14)12-20-11-9-13-5-3-4-6-15(13)20/h3-6,9,11,14H,2,7-8,10,12H2,1H3. The van der Waals surface area contributed by atoms with Crippen LogP contribution in [0.4, 0.5) is 0 Å². The summed E-state index contributed by atoms with van der Waals surface area (Å²) in [5, 5.41) is 5.99. The molecule has 4 rings (SSSR count). The van der Waals surface area contributed by atoms with Gasteiger partial charge < -0.3 is 4.57 Å². The van der Waals surface area contributed by atoms with Gasteiger partial charge in [0.15, 0.2) is 5.82 Å². The van der Waals surface area contributed by atoms with E-state index in [9.17, 15) is 0 Å². The third-order valence-corrected chi connectivity index (χ3v) is 4.13. The van der Waals surface area contributed by atoms with Crippen LogP contribution < -0.4 is 0 Å². The van der Waals surface area contributed by atoms with Crippen LogP contribution in [0.2, 0.25) is 0 Å². The topological polar surface area (TPSA) is 35.6 Å². The fourth-order valence-electron chi connectivity index (χ4n) is 2.85. The number of rotatable bonds is 5. The first-order chi connectivity index (χ1) is 10.3. The maximum Gasteiger partial charge on any atom is 0.154 e. The minimum Gasteiger partial charge on any atom is -0.340 e. The van der Waals surface area contributed by atoms with Crippen molar-refractivity contribution in [1.82, 2.24) is 19.3 Å². The monoisotopic (exact) mass is 280 g/mol. The van der Waals surface area contributed by atoms with E-state index in [1.54, 1.807) is 0 Å². The van der Waals surface area contributed by atoms with Crippen LogP contribution in [0.1, 0.15) is 43.8 Å². The maximum atomic E-state index is 4.80. The van der Waals surface area contributed by atoms with Crippen LogP contribution in [-0.4, -0.2) is 19.3 Å². The minimum atomic E-state index is 0.614. The predicted octanol–water partition coefficient (Wildman–Crippen LogP) is 3.57. The quantitative estimate of drug-likeness (QED) is 0.716. The van der Waals surface area contributed by atoms with E-state index in [1.165, 1.54) is 23.7 Å². The van der Waals surface area contributed by atoms with E-state index < -0.39 is 0 Å². The fourth-order valence-corrected chi connectivity index (χ4v) is 2.85. The van der Waals surface area contributed by atoms with Crippen molar-refractivity contribution in [3.63, 3.8) is 0 Å². The SMILES string of the molecule is CCCn1nc(C2CC2)nc1Cn1ccc2ccccc21. The first-order valence-corrected chi connectivity index (χ1v) is 7.82. The highest BCUT2D eigenvalue weighted by molar-refractivity contribution is 5.79. The Labute approximate surface area is 124 Å². The molecule has 0 atom stereocenters. The average Bonchev–Trinajstić information content (AvgIpc) is 3.17. The number of hydrogen-bond donors (Lipinski definition) is 0. The molecule has 0 radical (unpaired) electrons. The van der Waals surface area contributed by atoms with Crippen LogP contribution in [0.5, 0.6) is 0 Å². The van der Waals surface area contributed by atoms with Gasteiger partial charge in [-0.15, -0.1) is 0 Å². The molecule has 0 unspecified atom stereocenters. The Bertz CT molecular complexity index is 764. The number of nitrogens with zero attached hydrogens (tertiary/aromatic N) is 4. The Hall–Kier alpha value is -2.10. The van der Waals surface area contributed by atoms with E-state index in [1.807, 2.05) is 0 Å². The lowest BCUT2D eigenvalue weighted by atomic mass is 10.2. The van der Waals surface area contributed by atoms with Gasteiger partial charge in [0.25, 0.3) is 0 Å². The Kier molecular flexibility index (Phi) is 3.02. The first-order valence-electron chi connectivity index (χ1n) is 7.82. The highest BCUT2D eigenvalue weighted by atomic mass is 15.4. The summed E-state index contributed by atoms with van der Waals surface area (Å²) in [6, 6.07) is 10.6. The smallest absolute Gasteiger partial charge is 0.154 e. The van der Waals surface area contributed by atoms with Gasteiger partial charge in [0.1, 0.15) is 5.82 Å². The lowest BCUT2D eigenvalue weighted by Gasteiger charge is -2.06. The summed E-state index contributed by atoms with van der Waals surface area (Å²) < 4.78 is 4.37. The van der Waals surface area contributed by atoms with Crippen molar-refractivity contribution in [3.8, 4) is 0 Å². The molecule has 4 heteroatoms.